The number of aliphatic imine (C=N–C) groups is 1. The van der Waals surface area contributed by atoms with Gasteiger partial charge in [-0.3, -0.25) is 9.79 Å². The summed E-state index contributed by atoms with van der Waals surface area (Å²) in [5.74, 6) is 0.852. The second-order valence-corrected chi connectivity index (χ2v) is 3.88. The number of amides is 1. The first-order chi connectivity index (χ1) is 8.24. The molecule has 0 aromatic heterocycles. The van der Waals surface area contributed by atoms with Crippen molar-refractivity contribution < 1.29 is 4.79 Å². The summed E-state index contributed by atoms with van der Waals surface area (Å²) in [6, 6.07) is 0. The van der Waals surface area contributed by atoms with Crippen LogP contribution < -0.4 is 16.0 Å². The fourth-order valence-electron chi connectivity index (χ4n) is 1.25. The van der Waals surface area contributed by atoms with E-state index in [0.717, 1.165) is 38.3 Å². The van der Waals surface area contributed by atoms with Crippen molar-refractivity contribution in [1.82, 2.24) is 16.0 Å². The number of hydrogen-bond acceptors (Lipinski definition) is 2. The Labute approximate surface area is 128 Å². The van der Waals surface area contributed by atoms with E-state index in [1.165, 1.54) is 0 Å². The number of guanidine groups is 1. The lowest BCUT2D eigenvalue weighted by Gasteiger charge is -2.11. The van der Waals surface area contributed by atoms with Crippen molar-refractivity contribution in [2.24, 2.45) is 4.99 Å². The van der Waals surface area contributed by atoms with Crippen molar-refractivity contribution in [3.63, 3.8) is 0 Å². The first-order valence-electron chi connectivity index (χ1n) is 6.45. The Morgan fingerprint density at radius 3 is 2.22 bits per heavy atom. The minimum absolute atomic E-state index is 0. The molecule has 0 saturated heterocycles. The third kappa shape index (κ3) is 11.9. The molecule has 1 amide bonds. The molecule has 0 aliphatic rings. The van der Waals surface area contributed by atoms with E-state index in [-0.39, 0.29) is 29.9 Å². The molecule has 0 unspecified atom stereocenters. The molecule has 0 bridgehead atoms. The molecule has 18 heavy (non-hydrogen) atoms. The van der Waals surface area contributed by atoms with Gasteiger partial charge in [0.2, 0.25) is 5.91 Å². The summed E-state index contributed by atoms with van der Waals surface area (Å²) in [5, 5.41) is 9.15. The number of carbonyl (C=O) groups is 1. The molecule has 0 atom stereocenters. The standard InChI is InChI=1S/C12H26N4O.HI/c1-4-6-9-15-12(13-3)16-10-7-11(17)14-8-5-2;/h4-10H2,1-3H3,(H,14,17)(H2,13,15,16);1H. The smallest absolute Gasteiger partial charge is 0.221 e. The number of nitrogens with zero attached hydrogens (tertiary/aromatic N) is 1. The van der Waals surface area contributed by atoms with Gasteiger partial charge in [-0.15, -0.1) is 24.0 Å². The summed E-state index contributed by atoms with van der Waals surface area (Å²) >= 11 is 0. The van der Waals surface area contributed by atoms with Crippen LogP contribution in [0, 0.1) is 0 Å². The van der Waals surface area contributed by atoms with Gasteiger partial charge in [-0.25, -0.2) is 0 Å². The van der Waals surface area contributed by atoms with Crippen LogP contribution in [0.5, 0.6) is 0 Å². The molecule has 5 nitrogen and oxygen atoms in total. The number of nitrogens with one attached hydrogen (secondary N) is 3. The van der Waals surface area contributed by atoms with Gasteiger partial charge in [-0.2, -0.15) is 0 Å². The highest BCUT2D eigenvalue weighted by molar-refractivity contribution is 14.0. The van der Waals surface area contributed by atoms with Crippen LogP contribution in [-0.2, 0) is 4.79 Å². The molecule has 6 heteroatoms. The van der Waals surface area contributed by atoms with Crippen molar-refractivity contribution in [1.29, 1.82) is 0 Å². The van der Waals surface area contributed by atoms with E-state index in [1.54, 1.807) is 7.05 Å². The fraction of sp³-hybridized carbons (Fsp3) is 0.833. The highest BCUT2D eigenvalue weighted by Gasteiger charge is 2.00. The number of rotatable bonds is 8. The summed E-state index contributed by atoms with van der Waals surface area (Å²) in [5.41, 5.74) is 0. The fourth-order valence-corrected chi connectivity index (χ4v) is 1.25. The highest BCUT2D eigenvalue weighted by atomic mass is 127. The van der Waals surface area contributed by atoms with Crippen LogP contribution >= 0.6 is 24.0 Å². The zero-order valence-electron chi connectivity index (χ0n) is 11.7. The lowest BCUT2D eigenvalue weighted by Crippen LogP contribution is -2.39. The minimum atomic E-state index is 0. The Kier molecular flexibility index (Phi) is 16.0. The lowest BCUT2D eigenvalue weighted by atomic mass is 10.3. The van der Waals surface area contributed by atoms with Crippen LogP contribution in [0.25, 0.3) is 0 Å². The Morgan fingerprint density at radius 2 is 1.67 bits per heavy atom. The topological polar surface area (TPSA) is 65.5 Å². The molecule has 0 spiro atoms. The molecular weight excluding hydrogens is 343 g/mol. The molecule has 0 aromatic rings. The van der Waals surface area contributed by atoms with Gasteiger partial charge < -0.3 is 16.0 Å². The molecule has 0 saturated carbocycles. The summed E-state index contributed by atoms with van der Waals surface area (Å²) in [6.07, 6.45) is 3.73. The zero-order chi connectivity index (χ0) is 12.9. The first kappa shape index (κ1) is 19.8. The van der Waals surface area contributed by atoms with Gasteiger partial charge in [-0.1, -0.05) is 20.3 Å². The Balaban J connectivity index is 0. The van der Waals surface area contributed by atoms with Gasteiger partial charge in [0.05, 0.1) is 0 Å². The Morgan fingerprint density at radius 1 is 1.00 bits per heavy atom. The largest absolute Gasteiger partial charge is 0.356 e. The van der Waals surface area contributed by atoms with E-state index < -0.39 is 0 Å². The Bertz CT molecular complexity index is 234. The molecule has 0 radical (unpaired) electrons. The SMILES string of the molecule is CCCCNC(=NC)NCCC(=O)NCCC.I. The number of halogens is 1. The van der Waals surface area contributed by atoms with Crippen molar-refractivity contribution >= 4 is 35.8 Å². The van der Waals surface area contributed by atoms with Gasteiger partial charge in [0.15, 0.2) is 5.96 Å². The normalized spacial score (nSPS) is 10.5. The van der Waals surface area contributed by atoms with Gasteiger partial charge in [0.25, 0.3) is 0 Å². The van der Waals surface area contributed by atoms with E-state index >= 15 is 0 Å². The number of carbonyl (C=O) groups excluding carboxylic acids is 1. The summed E-state index contributed by atoms with van der Waals surface area (Å²) in [6.45, 7) is 6.47. The Hall–Kier alpha value is -0.530. The van der Waals surface area contributed by atoms with E-state index in [2.05, 4.69) is 27.9 Å². The number of unbranched alkanes of at least 4 members (excludes halogenated alkanes) is 1. The first-order valence-corrected chi connectivity index (χ1v) is 6.45. The maximum atomic E-state index is 11.3. The predicted octanol–water partition coefficient (Wildman–Crippen LogP) is 1.49. The number of hydrogen-bond donors (Lipinski definition) is 3. The van der Waals surface area contributed by atoms with E-state index in [9.17, 15) is 4.79 Å². The lowest BCUT2D eigenvalue weighted by molar-refractivity contribution is -0.120. The maximum absolute atomic E-state index is 11.3. The summed E-state index contributed by atoms with van der Waals surface area (Å²) in [7, 11) is 1.73. The minimum Gasteiger partial charge on any atom is -0.356 e. The molecule has 3 N–H and O–H groups in total. The van der Waals surface area contributed by atoms with Gasteiger partial charge in [-0.05, 0) is 12.8 Å². The van der Waals surface area contributed by atoms with E-state index in [0.29, 0.717) is 13.0 Å². The summed E-state index contributed by atoms with van der Waals surface area (Å²) < 4.78 is 0. The predicted molar refractivity (Wildman–Crippen MR) is 87.6 cm³/mol. The highest BCUT2D eigenvalue weighted by Crippen LogP contribution is 1.83. The molecule has 108 valence electrons. The zero-order valence-corrected chi connectivity index (χ0v) is 14.0. The van der Waals surface area contributed by atoms with Crippen LogP contribution in [0.3, 0.4) is 0 Å². The maximum Gasteiger partial charge on any atom is 0.221 e. The van der Waals surface area contributed by atoms with Crippen molar-refractivity contribution in [2.45, 2.75) is 39.5 Å². The molecule has 0 aliphatic heterocycles. The second kappa shape index (κ2) is 14.5. The van der Waals surface area contributed by atoms with Crippen molar-refractivity contribution in [2.75, 3.05) is 26.7 Å². The van der Waals surface area contributed by atoms with Gasteiger partial charge in [0, 0.05) is 33.1 Å². The molecule has 0 fully saturated rings. The van der Waals surface area contributed by atoms with E-state index in [1.807, 2.05) is 6.92 Å². The summed E-state index contributed by atoms with van der Waals surface area (Å²) in [4.78, 5) is 15.4. The van der Waals surface area contributed by atoms with Gasteiger partial charge >= 0.3 is 0 Å². The van der Waals surface area contributed by atoms with Gasteiger partial charge in [0.1, 0.15) is 0 Å². The molecule has 0 aromatic carbocycles. The monoisotopic (exact) mass is 370 g/mol. The molecule has 0 aliphatic carbocycles. The molecule has 0 heterocycles. The van der Waals surface area contributed by atoms with Crippen LogP contribution in [0.2, 0.25) is 0 Å². The van der Waals surface area contributed by atoms with E-state index in [4.69, 9.17) is 0 Å². The molecular formula is C12H27IN4O. The van der Waals surface area contributed by atoms with Crippen LogP contribution in [0.1, 0.15) is 39.5 Å². The molecule has 0 rings (SSSR count). The average molecular weight is 370 g/mol. The third-order valence-corrected chi connectivity index (χ3v) is 2.26. The second-order valence-electron chi connectivity index (χ2n) is 3.88. The van der Waals surface area contributed by atoms with Crippen molar-refractivity contribution in [3.05, 3.63) is 0 Å². The van der Waals surface area contributed by atoms with Crippen LogP contribution in [-0.4, -0.2) is 38.5 Å². The van der Waals surface area contributed by atoms with Crippen LogP contribution in [0.4, 0.5) is 0 Å². The van der Waals surface area contributed by atoms with Crippen LogP contribution in [0.15, 0.2) is 4.99 Å². The average Bonchev–Trinajstić information content (AvgIpc) is 2.34. The third-order valence-electron chi connectivity index (χ3n) is 2.26. The van der Waals surface area contributed by atoms with Crippen molar-refractivity contribution in [3.8, 4) is 0 Å². The quantitative estimate of drug-likeness (QED) is 0.263.